The number of amides is 2. The summed E-state index contributed by atoms with van der Waals surface area (Å²) in [4.78, 5) is 29.9. The van der Waals surface area contributed by atoms with E-state index in [9.17, 15) is 14.0 Å². The van der Waals surface area contributed by atoms with Crippen molar-refractivity contribution in [3.8, 4) is 0 Å². The average molecular weight is 416 g/mol. The Labute approximate surface area is 181 Å². The molecule has 0 aliphatic carbocycles. The number of benzene rings is 3. The first kappa shape index (κ1) is 20.8. The monoisotopic (exact) mass is 416 g/mol. The molecule has 0 N–H and O–H groups in total. The number of hydrogen-bond donors (Lipinski definition) is 0. The minimum atomic E-state index is -0.460. The second kappa shape index (κ2) is 9.13. The van der Waals surface area contributed by atoms with E-state index in [1.807, 2.05) is 61.5 Å². The zero-order chi connectivity index (χ0) is 21.8. The van der Waals surface area contributed by atoms with Gasteiger partial charge in [-0.05, 0) is 41.8 Å². The topological polar surface area (TPSA) is 40.6 Å². The minimum Gasteiger partial charge on any atom is -0.339 e. The van der Waals surface area contributed by atoms with Crippen molar-refractivity contribution in [3.05, 3.63) is 107 Å². The lowest BCUT2D eigenvalue weighted by molar-refractivity contribution is -0.132. The zero-order valence-electron chi connectivity index (χ0n) is 17.5. The molecule has 0 saturated heterocycles. The van der Waals surface area contributed by atoms with E-state index in [1.165, 1.54) is 12.1 Å². The van der Waals surface area contributed by atoms with Crippen molar-refractivity contribution in [1.82, 2.24) is 9.80 Å². The predicted octanol–water partition coefficient (Wildman–Crippen LogP) is 4.96. The van der Waals surface area contributed by atoms with Gasteiger partial charge in [0, 0.05) is 25.2 Å². The van der Waals surface area contributed by atoms with Gasteiger partial charge in [0.15, 0.2) is 0 Å². The van der Waals surface area contributed by atoms with Crippen molar-refractivity contribution < 1.29 is 14.0 Å². The Hall–Kier alpha value is -3.47. The van der Waals surface area contributed by atoms with Crippen LogP contribution in [0.15, 0.2) is 78.9 Å². The van der Waals surface area contributed by atoms with Gasteiger partial charge in [-0.25, -0.2) is 4.39 Å². The van der Waals surface area contributed by atoms with Gasteiger partial charge in [-0.1, -0.05) is 60.7 Å². The fourth-order valence-corrected chi connectivity index (χ4v) is 4.10. The fraction of sp³-hybridized carbons (Fsp3) is 0.231. The summed E-state index contributed by atoms with van der Waals surface area (Å²) in [7, 11) is 0. The van der Waals surface area contributed by atoms with Crippen LogP contribution >= 0.6 is 0 Å². The highest BCUT2D eigenvalue weighted by atomic mass is 19.1. The third kappa shape index (κ3) is 4.50. The van der Waals surface area contributed by atoms with E-state index in [4.69, 9.17) is 0 Å². The molecule has 1 aliphatic rings. The van der Waals surface area contributed by atoms with Gasteiger partial charge < -0.3 is 9.80 Å². The number of carbonyl (C=O) groups is 2. The SMILES string of the molecule is CCN(Cc1ccccc1)C(=O)C[C@@H](c1ccc(F)cc1)N1Cc2ccccc2C1=O. The largest absolute Gasteiger partial charge is 0.339 e. The van der Waals surface area contributed by atoms with Gasteiger partial charge in [-0.15, -0.1) is 0 Å². The van der Waals surface area contributed by atoms with Gasteiger partial charge in [0.1, 0.15) is 5.82 Å². The van der Waals surface area contributed by atoms with E-state index in [1.54, 1.807) is 21.9 Å². The lowest BCUT2D eigenvalue weighted by Crippen LogP contribution is -2.36. The lowest BCUT2D eigenvalue weighted by Gasteiger charge is -2.30. The molecular weight excluding hydrogens is 391 g/mol. The highest BCUT2D eigenvalue weighted by molar-refractivity contribution is 5.98. The lowest BCUT2D eigenvalue weighted by atomic mass is 10.0. The summed E-state index contributed by atoms with van der Waals surface area (Å²) in [5.41, 5.74) is 3.43. The molecule has 0 aromatic heterocycles. The summed E-state index contributed by atoms with van der Waals surface area (Å²) in [5.74, 6) is -0.475. The Bertz CT molecular complexity index is 1070. The second-order valence-corrected chi connectivity index (χ2v) is 7.76. The standard InChI is InChI=1S/C26H25FN2O2/c1-2-28(17-19-8-4-3-5-9-19)25(30)16-24(20-12-14-22(27)15-13-20)29-18-21-10-6-7-11-23(21)26(29)31/h3-15,24H,2,16-18H2,1H3/t24-/m0/s1. The molecular formula is C26H25FN2O2. The van der Waals surface area contributed by atoms with Crippen molar-refractivity contribution in [1.29, 1.82) is 0 Å². The third-order valence-corrected chi connectivity index (χ3v) is 5.80. The average Bonchev–Trinajstić information content (AvgIpc) is 3.13. The van der Waals surface area contributed by atoms with Crippen LogP contribution in [0.2, 0.25) is 0 Å². The molecule has 4 rings (SSSR count). The summed E-state index contributed by atoms with van der Waals surface area (Å²) < 4.78 is 13.6. The Morgan fingerprint density at radius 3 is 2.35 bits per heavy atom. The molecule has 3 aromatic rings. The molecule has 0 bridgehead atoms. The highest BCUT2D eigenvalue weighted by Crippen LogP contribution is 2.34. The normalized spacial score (nSPS) is 13.7. The van der Waals surface area contributed by atoms with Gasteiger partial charge in [0.05, 0.1) is 12.5 Å². The molecule has 1 atom stereocenters. The Morgan fingerprint density at radius 1 is 1.00 bits per heavy atom. The molecule has 5 heteroatoms. The van der Waals surface area contributed by atoms with Crippen molar-refractivity contribution in [2.24, 2.45) is 0 Å². The van der Waals surface area contributed by atoms with Gasteiger partial charge >= 0.3 is 0 Å². The van der Waals surface area contributed by atoms with Crippen LogP contribution in [-0.2, 0) is 17.9 Å². The van der Waals surface area contributed by atoms with Crippen molar-refractivity contribution in [3.63, 3.8) is 0 Å². The number of halogens is 1. The van der Waals surface area contributed by atoms with Crippen LogP contribution in [0.1, 0.15) is 46.4 Å². The Balaban J connectivity index is 1.60. The van der Waals surface area contributed by atoms with E-state index in [0.717, 1.165) is 16.7 Å². The summed E-state index contributed by atoms with van der Waals surface area (Å²) >= 11 is 0. The van der Waals surface area contributed by atoms with Crippen LogP contribution in [0.3, 0.4) is 0 Å². The molecule has 0 fully saturated rings. The Morgan fingerprint density at radius 2 is 1.68 bits per heavy atom. The molecule has 31 heavy (non-hydrogen) atoms. The molecule has 1 heterocycles. The molecule has 2 amide bonds. The van der Waals surface area contributed by atoms with E-state index in [-0.39, 0.29) is 24.1 Å². The fourth-order valence-electron chi connectivity index (χ4n) is 4.10. The maximum atomic E-state index is 13.6. The van der Waals surface area contributed by atoms with Crippen LogP contribution in [-0.4, -0.2) is 28.2 Å². The number of fused-ring (bicyclic) bond motifs is 1. The maximum Gasteiger partial charge on any atom is 0.255 e. The van der Waals surface area contributed by atoms with Crippen LogP contribution < -0.4 is 0 Å². The smallest absolute Gasteiger partial charge is 0.255 e. The first-order valence-corrected chi connectivity index (χ1v) is 10.5. The molecule has 4 nitrogen and oxygen atoms in total. The van der Waals surface area contributed by atoms with Crippen molar-refractivity contribution >= 4 is 11.8 Å². The Kier molecular flexibility index (Phi) is 6.12. The van der Waals surface area contributed by atoms with Gasteiger partial charge in [0.25, 0.3) is 5.91 Å². The highest BCUT2D eigenvalue weighted by Gasteiger charge is 2.35. The van der Waals surface area contributed by atoms with Crippen molar-refractivity contribution in [2.45, 2.75) is 32.5 Å². The van der Waals surface area contributed by atoms with Gasteiger partial charge in [0.2, 0.25) is 5.91 Å². The number of carbonyl (C=O) groups excluding carboxylic acids is 2. The molecule has 0 saturated carbocycles. The predicted molar refractivity (Wildman–Crippen MR) is 118 cm³/mol. The van der Waals surface area contributed by atoms with Gasteiger partial charge in [-0.3, -0.25) is 9.59 Å². The van der Waals surface area contributed by atoms with Crippen molar-refractivity contribution in [2.75, 3.05) is 6.54 Å². The maximum absolute atomic E-state index is 13.6. The number of rotatable bonds is 7. The molecule has 0 radical (unpaired) electrons. The number of nitrogens with zero attached hydrogens (tertiary/aromatic N) is 2. The summed E-state index contributed by atoms with van der Waals surface area (Å²) in [6, 6.07) is 23.0. The molecule has 0 unspecified atom stereocenters. The first-order chi connectivity index (χ1) is 15.1. The molecule has 1 aliphatic heterocycles. The van der Waals surface area contributed by atoms with Crippen LogP contribution in [0.25, 0.3) is 0 Å². The van der Waals surface area contributed by atoms with Crippen LogP contribution in [0.5, 0.6) is 0 Å². The van der Waals surface area contributed by atoms with Gasteiger partial charge in [-0.2, -0.15) is 0 Å². The van der Waals surface area contributed by atoms with Crippen LogP contribution in [0.4, 0.5) is 4.39 Å². The zero-order valence-corrected chi connectivity index (χ0v) is 17.5. The molecule has 158 valence electrons. The van der Waals surface area contributed by atoms with E-state index in [2.05, 4.69) is 0 Å². The minimum absolute atomic E-state index is 0.0376. The quantitative estimate of drug-likeness (QED) is 0.546. The second-order valence-electron chi connectivity index (χ2n) is 7.76. The molecule has 3 aromatic carbocycles. The van der Waals surface area contributed by atoms with E-state index < -0.39 is 6.04 Å². The summed E-state index contributed by atoms with van der Waals surface area (Å²) in [6.07, 6.45) is 0.145. The summed E-state index contributed by atoms with van der Waals surface area (Å²) in [6.45, 7) is 3.47. The van der Waals surface area contributed by atoms with E-state index in [0.29, 0.717) is 25.2 Å². The third-order valence-electron chi connectivity index (χ3n) is 5.80. The molecule has 0 spiro atoms. The van der Waals surface area contributed by atoms with E-state index >= 15 is 0 Å². The first-order valence-electron chi connectivity index (χ1n) is 10.5. The summed E-state index contributed by atoms with van der Waals surface area (Å²) in [5, 5.41) is 0. The number of hydrogen-bond acceptors (Lipinski definition) is 2. The van der Waals surface area contributed by atoms with Crippen LogP contribution in [0, 0.1) is 5.82 Å².